The van der Waals surface area contributed by atoms with Crippen molar-refractivity contribution in [3.05, 3.63) is 53.6 Å². The maximum Gasteiger partial charge on any atom is 0.409 e. The first kappa shape index (κ1) is 102. The number of carbonyl (C=O) groups is 13. The van der Waals surface area contributed by atoms with Gasteiger partial charge in [0.05, 0.1) is 51.3 Å². The molecule has 3 aliphatic rings. The molecule has 36 nitrogen and oxygen atoms in total. The van der Waals surface area contributed by atoms with Crippen LogP contribution in [0.4, 0.5) is 14.4 Å². The van der Waals surface area contributed by atoms with E-state index < -0.39 is 191 Å². The van der Waals surface area contributed by atoms with Gasteiger partial charge in [0.25, 0.3) is 0 Å². The Morgan fingerprint density at radius 1 is 0.529 bits per heavy atom. The first-order valence-corrected chi connectivity index (χ1v) is 41.7. The zero-order chi connectivity index (χ0) is 90.7. The number of methoxy groups -OCH3 is 2. The zero-order valence-corrected chi connectivity index (χ0v) is 74.6. The van der Waals surface area contributed by atoms with Crippen LogP contribution in [0, 0.1) is 11.8 Å². The van der Waals surface area contributed by atoms with Crippen LogP contribution in [0.2, 0.25) is 0 Å². The number of alkyl carbamates (subject to hydrolysis) is 3. The van der Waals surface area contributed by atoms with E-state index in [-0.39, 0.29) is 110 Å². The number of amides is 12. The van der Waals surface area contributed by atoms with Gasteiger partial charge in [0, 0.05) is 45.6 Å². The summed E-state index contributed by atoms with van der Waals surface area (Å²) < 4.78 is 50.6. The molecule has 5 rings (SSSR count). The molecule has 11 N–H and O–H groups in total. The molecule has 3 heterocycles. The number of nitrogens with zero attached hydrogens (tertiary/aromatic N) is 3. The quantitative estimate of drug-likeness (QED) is 0.0218. The van der Waals surface area contributed by atoms with E-state index in [0.29, 0.717) is 47.6 Å². The smallest absolute Gasteiger partial charge is 0.409 e. The van der Waals surface area contributed by atoms with Crippen molar-refractivity contribution in [1.82, 2.24) is 62.6 Å². The molecular weight excluding hydrogens is 1570 g/mol. The molecule has 0 spiro atoms. The van der Waals surface area contributed by atoms with Crippen molar-refractivity contribution in [1.29, 1.82) is 0 Å². The van der Waals surface area contributed by atoms with Crippen LogP contribution in [-0.4, -0.2) is 270 Å². The van der Waals surface area contributed by atoms with Gasteiger partial charge in [0.1, 0.15) is 83.0 Å². The summed E-state index contributed by atoms with van der Waals surface area (Å²) >= 11 is 0. The second-order valence-electron chi connectivity index (χ2n) is 36.2. The second kappa shape index (κ2) is 46.4. The molecule has 3 saturated heterocycles. The number of ether oxygens (including phenoxy) is 9. The fourth-order valence-electron chi connectivity index (χ4n) is 13.9. The van der Waals surface area contributed by atoms with Crippen molar-refractivity contribution in [2.24, 2.45) is 11.8 Å². The number of benzene rings is 2. The van der Waals surface area contributed by atoms with Crippen molar-refractivity contribution in [2.45, 2.75) is 303 Å². The van der Waals surface area contributed by atoms with Gasteiger partial charge >= 0.3 is 24.2 Å². The van der Waals surface area contributed by atoms with Gasteiger partial charge in [-0.15, -0.1) is 0 Å². The number of unbranched alkanes of at least 4 members (excludes halogenated alkanes) is 2. The molecule has 36 heteroatoms. The third kappa shape index (κ3) is 34.9. The first-order valence-electron chi connectivity index (χ1n) is 41.7. The highest BCUT2D eigenvalue weighted by atomic mass is 16.7. The third-order valence-corrected chi connectivity index (χ3v) is 19.4. The van der Waals surface area contributed by atoms with Crippen LogP contribution < -0.4 is 62.1 Å². The van der Waals surface area contributed by atoms with Crippen LogP contribution in [0.3, 0.4) is 0 Å². The van der Waals surface area contributed by atoms with Gasteiger partial charge in [0.15, 0.2) is 18.3 Å². The molecule has 0 bridgehead atoms. The lowest BCUT2D eigenvalue weighted by Crippen LogP contribution is -2.62. The summed E-state index contributed by atoms with van der Waals surface area (Å²) in [5, 5.41) is 43.8. The maximum atomic E-state index is 16.1. The highest BCUT2D eigenvalue weighted by molar-refractivity contribution is 6.00. The topological polar surface area (TPSA) is 463 Å². The van der Waals surface area contributed by atoms with E-state index in [1.807, 2.05) is 27.7 Å². The Bertz CT molecular complexity index is 3810. The van der Waals surface area contributed by atoms with Crippen LogP contribution in [0.25, 0.3) is 0 Å². The number of carboxylic acids is 1. The van der Waals surface area contributed by atoms with E-state index in [2.05, 4.69) is 47.9 Å². The lowest BCUT2D eigenvalue weighted by Gasteiger charge is -2.37. The molecular formula is C85H136N12O24. The van der Waals surface area contributed by atoms with Crippen LogP contribution in [0.5, 0.6) is 17.2 Å². The minimum absolute atomic E-state index is 0.00269. The number of rotatable bonds is 42. The Morgan fingerprint density at radius 3 is 1.63 bits per heavy atom. The van der Waals surface area contributed by atoms with Gasteiger partial charge in [-0.1, -0.05) is 39.0 Å². The number of likely N-dealkylation sites (tertiary alicyclic amines) is 3. The Kier molecular flexibility index (Phi) is 39.1. The fourth-order valence-corrected chi connectivity index (χ4v) is 13.9. The molecule has 12 amide bonds. The Hall–Kier alpha value is -9.81. The average Bonchev–Trinajstić information content (AvgIpc) is 1.63. The van der Waals surface area contributed by atoms with Gasteiger partial charge in [-0.25, -0.2) is 19.2 Å². The van der Waals surface area contributed by atoms with Crippen molar-refractivity contribution >= 4 is 77.4 Å². The predicted molar refractivity (Wildman–Crippen MR) is 445 cm³/mol. The lowest BCUT2D eigenvalue weighted by molar-refractivity contribution is -0.155. The molecule has 121 heavy (non-hydrogen) atoms. The number of aliphatic hydroxyl groups is 1. The van der Waals surface area contributed by atoms with Gasteiger partial charge in [-0.2, -0.15) is 0 Å². The minimum atomic E-state index is -1.56. The van der Waals surface area contributed by atoms with Crippen LogP contribution in [-0.2, 0) is 89.2 Å². The molecule has 0 aromatic heterocycles. The van der Waals surface area contributed by atoms with E-state index in [9.17, 15) is 43.5 Å². The van der Waals surface area contributed by atoms with Gasteiger partial charge < -0.3 is 115 Å². The number of carboxylic acid groups (broad SMARTS) is 1. The molecule has 680 valence electrons. The molecule has 12 atom stereocenters. The van der Waals surface area contributed by atoms with Crippen molar-refractivity contribution in [2.75, 3.05) is 73.6 Å². The summed E-state index contributed by atoms with van der Waals surface area (Å²) in [6, 6.07) is -2.03. The molecule has 3 fully saturated rings. The highest BCUT2D eigenvalue weighted by Gasteiger charge is 2.52. The van der Waals surface area contributed by atoms with E-state index >= 15 is 24.0 Å². The summed E-state index contributed by atoms with van der Waals surface area (Å²) in [5.41, 5.74) is -2.92. The summed E-state index contributed by atoms with van der Waals surface area (Å²) in [6.45, 7) is 31.9. The van der Waals surface area contributed by atoms with Crippen LogP contribution >= 0.6 is 0 Å². The average molecular weight is 1710 g/mol. The monoisotopic (exact) mass is 1710 g/mol. The SMILES string of the molecule is COc1ccc(CC(NC(=O)C(NC(=O)C2CC(C)CN2C(=O)C2C(OC(C)(C)C)CCN2C(=O)C(Cc2ccc(OC(C)(C)C)cc2)NC(=O)C(COC(C)(C)C)NC(=O)C2CCCN2C(=O)C(CCCCNC(=O)OC(C)(C)C)NC(=O)C(C)NC(=O)OCOCCO)C(C)C)C(=O)NC(CCCCNC(=O)OC(C)(C)C)C(=O)O)cc1OC. The third-order valence-electron chi connectivity index (χ3n) is 19.4. The molecule has 3 aliphatic heterocycles. The number of hydrogen-bond donors (Lipinski definition) is 11. The molecule has 0 aliphatic carbocycles. The summed E-state index contributed by atoms with van der Waals surface area (Å²) in [7, 11) is 2.86. The van der Waals surface area contributed by atoms with Crippen LogP contribution in [0.15, 0.2) is 42.5 Å². The minimum Gasteiger partial charge on any atom is -0.493 e. The number of hydrogen-bond acceptors (Lipinski definition) is 23. The summed E-state index contributed by atoms with van der Waals surface area (Å²) in [5.74, 6) is -8.12. The number of carbonyl (C=O) groups excluding carboxylic acids is 12. The highest BCUT2D eigenvalue weighted by Crippen LogP contribution is 2.34. The van der Waals surface area contributed by atoms with Crippen LogP contribution in [0.1, 0.15) is 207 Å². The zero-order valence-electron chi connectivity index (χ0n) is 74.6. The van der Waals surface area contributed by atoms with E-state index in [1.54, 1.807) is 139 Å². The standard InChI is InChI=1S/C85H136N12O24/c1-50(2)66(73(104)91-58(45-54-32-35-63(113-20)65(46-54)114-21)69(100)90-57(77(108)109)28-23-25-38-87-79(111)121-85(17,18)19)94-72(103)62-43-51(3)47-97(62)76(107)67-64(119-83(11,12)13)36-40-96(67)75(106)59(44-53-30-33-55(34-31-53)118-82(8,9)10)92-70(101)60(48-117-81(5,6)7)93-71(102)61-29-26-39-95(61)74(105)56(27-22-24-37-86-78(110)120-84(14,15)16)89-68(99)52(4)88-80(112)116-49-115-42-41-98/h30-35,46,50-52,56-62,64,66-67,98H,22-29,36-45,47-49H2,1-21H3,(H,86,110)(H,87,111)(H,88,112)(H,89,99)(H,90,100)(H,91,104)(H,92,101)(H,93,102)(H,94,103)(H,108,109). The molecule has 0 radical (unpaired) electrons. The van der Waals surface area contributed by atoms with E-state index in [4.69, 9.17) is 47.7 Å². The molecule has 0 saturated carbocycles. The Labute approximate surface area is 711 Å². The van der Waals surface area contributed by atoms with Crippen molar-refractivity contribution in [3.63, 3.8) is 0 Å². The molecule has 2 aromatic rings. The predicted octanol–water partition coefficient (Wildman–Crippen LogP) is 5.61. The van der Waals surface area contributed by atoms with Crippen molar-refractivity contribution in [3.8, 4) is 17.2 Å². The largest absolute Gasteiger partial charge is 0.493 e. The number of aliphatic carboxylic acids is 1. The van der Waals surface area contributed by atoms with E-state index in [0.717, 1.165) is 0 Å². The summed E-state index contributed by atoms with van der Waals surface area (Å²) in [6.07, 6.45) is -1.93. The molecule has 12 unspecified atom stereocenters. The van der Waals surface area contributed by atoms with Gasteiger partial charge in [-0.05, 0) is 222 Å². The van der Waals surface area contributed by atoms with Crippen molar-refractivity contribution < 1.29 is 115 Å². The Morgan fingerprint density at radius 2 is 1.07 bits per heavy atom. The first-order chi connectivity index (χ1) is 56.4. The van der Waals surface area contributed by atoms with E-state index in [1.165, 1.54) is 35.8 Å². The van der Waals surface area contributed by atoms with Gasteiger partial charge in [-0.3, -0.25) is 43.2 Å². The molecule has 2 aromatic carbocycles. The summed E-state index contributed by atoms with van der Waals surface area (Å²) in [4.78, 5) is 190. The number of aliphatic hydroxyl groups excluding tert-OH is 1. The normalized spacial score (nSPS) is 18.7. The van der Waals surface area contributed by atoms with Gasteiger partial charge in [0.2, 0.25) is 53.2 Å². The fraction of sp³-hybridized carbons (Fsp3) is 0.706. The Balaban J connectivity index is 1.48. The maximum absolute atomic E-state index is 16.1. The second-order valence-corrected chi connectivity index (χ2v) is 36.2. The number of nitrogens with one attached hydrogen (secondary N) is 9. The lowest BCUT2D eigenvalue weighted by atomic mass is 9.99.